The molecule has 0 bridgehead atoms. The molecule has 1 nitrogen and oxygen atoms in total. The van der Waals surface area contributed by atoms with E-state index in [1.807, 2.05) is 0 Å². The summed E-state index contributed by atoms with van der Waals surface area (Å²) in [6.07, 6.45) is 6.76. The maximum atomic E-state index is 3.58. The van der Waals surface area contributed by atoms with Crippen LogP contribution in [0.25, 0.3) is 0 Å². The lowest BCUT2D eigenvalue weighted by atomic mass is 9.96. The van der Waals surface area contributed by atoms with Crippen molar-refractivity contribution in [2.45, 2.75) is 59.4 Å². The molecule has 0 aromatic heterocycles. The minimum atomic E-state index is 0.911. The lowest BCUT2D eigenvalue weighted by molar-refractivity contribution is 0.409. The maximum Gasteiger partial charge on any atom is 0.0208 e. The molecule has 0 spiro atoms. The quantitative estimate of drug-likeness (QED) is 0.624. The second-order valence-corrected chi connectivity index (χ2v) is 5.31. The van der Waals surface area contributed by atoms with Gasteiger partial charge in [0, 0.05) is 6.54 Å². The van der Waals surface area contributed by atoms with Gasteiger partial charge in [0.2, 0.25) is 0 Å². The van der Waals surface area contributed by atoms with E-state index in [-0.39, 0.29) is 0 Å². The molecule has 1 aromatic carbocycles. The van der Waals surface area contributed by atoms with Crippen molar-refractivity contribution in [3.63, 3.8) is 0 Å². The monoisotopic (exact) mass is 247 g/mol. The van der Waals surface area contributed by atoms with Gasteiger partial charge in [0.25, 0.3) is 0 Å². The summed E-state index contributed by atoms with van der Waals surface area (Å²) < 4.78 is 0. The van der Waals surface area contributed by atoms with Crippen molar-refractivity contribution in [3.8, 4) is 0 Å². The van der Waals surface area contributed by atoms with Gasteiger partial charge >= 0.3 is 0 Å². The molecule has 0 fully saturated rings. The fraction of sp³-hybridized carbons (Fsp3) is 0.647. The Kier molecular flexibility index (Phi) is 7.75. The first-order chi connectivity index (χ1) is 8.77. The lowest BCUT2D eigenvalue weighted by Gasteiger charge is -2.15. The fourth-order valence-corrected chi connectivity index (χ4v) is 2.38. The summed E-state index contributed by atoms with van der Waals surface area (Å²) in [4.78, 5) is 0. The van der Waals surface area contributed by atoms with E-state index in [1.54, 1.807) is 0 Å². The highest BCUT2D eigenvalue weighted by Gasteiger charge is 2.05. The molecule has 0 heterocycles. The molecule has 0 amide bonds. The van der Waals surface area contributed by atoms with Crippen LogP contribution in [-0.4, -0.2) is 6.54 Å². The average Bonchev–Trinajstić information content (AvgIpc) is 2.40. The second-order valence-electron chi connectivity index (χ2n) is 5.31. The zero-order chi connectivity index (χ0) is 13.2. The third-order valence-corrected chi connectivity index (χ3v) is 3.85. The Balaban J connectivity index is 2.19. The number of hydrogen-bond acceptors (Lipinski definition) is 1. The first-order valence-corrected chi connectivity index (χ1v) is 7.53. The van der Waals surface area contributed by atoms with Crippen LogP contribution in [0.4, 0.5) is 0 Å². The third-order valence-electron chi connectivity index (χ3n) is 3.85. The molecule has 1 aromatic rings. The van der Waals surface area contributed by atoms with E-state index in [9.17, 15) is 0 Å². The zero-order valence-corrected chi connectivity index (χ0v) is 12.3. The molecule has 0 radical (unpaired) electrons. The van der Waals surface area contributed by atoms with Crippen molar-refractivity contribution in [1.82, 2.24) is 5.32 Å². The molecule has 1 N–H and O–H groups in total. The number of hydrogen-bond donors (Lipinski definition) is 1. The zero-order valence-electron chi connectivity index (χ0n) is 12.3. The van der Waals surface area contributed by atoms with Crippen LogP contribution in [0.1, 0.15) is 57.1 Å². The maximum absolute atomic E-state index is 3.58. The van der Waals surface area contributed by atoms with Gasteiger partial charge < -0.3 is 5.32 Å². The van der Waals surface area contributed by atoms with Crippen LogP contribution in [0.2, 0.25) is 0 Å². The normalized spacial score (nSPS) is 12.6. The SMILES string of the molecule is CCCCC(CC)CCNCc1ccccc1C. The Morgan fingerprint density at radius 1 is 1.11 bits per heavy atom. The molecule has 0 saturated heterocycles. The summed E-state index contributed by atoms with van der Waals surface area (Å²) in [5.41, 5.74) is 2.82. The Morgan fingerprint density at radius 3 is 2.56 bits per heavy atom. The highest BCUT2D eigenvalue weighted by molar-refractivity contribution is 5.25. The predicted octanol–water partition coefficient (Wildman–Crippen LogP) is 4.69. The molecule has 102 valence electrons. The summed E-state index contributed by atoms with van der Waals surface area (Å²) in [5.74, 6) is 0.911. The molecular formula is C17H29N. The van der Waals surface area contributed by atoms with Crippen molar-refractivity contribution in [2.75, 3.05) is 6.54 Å². The van der Waals surface area contributed by atoms with Gasteiger partial charge in [0.15, 0.2) is 0 Å². The Labute approximate surface area is 113 Å². The van der Waals surface area contributed by atoms with E-state index in [0.29, 0.717) is 0 Å². The van der Waals surface area contributed by atoms with E-state index in [1.165, 1.54) is 43.2 Å². The largest absolute Gasteiger partial charge is 0.313 e. The van der Waals surface area contributed by atoms with Gasteiger partial charge in [-0.05, 0) is 36.9 Å². The standard InChI is InChI=1S/C17H29N/c1-4-6-10-16(5-2)12-13-18-14-17-11-8-7-9-15(17)3/h7-9,11,16,18H,4-6,10,12-14H2,1-3H3. The van der Waals surface area contributed by atoms with Crippen molar-refractivity contribution in [3.05, 3.63) is 35.4 Å². The molecule has 18 heavy (non-hydrogen) atoms. The highest BCUT2D eigenvalue weighted by Crippen LogP contribution is 2.16. The van der Waals surface area contributed by atoms with Gasteiger partial charge in [-0.1, -0.05) is 63.8 Å². The topological polar surface area (TPSA) is 12.0 Å². The Morgan fingerprint density at radius 2 is 1.89 bits per heavy atom. The summed E-state index contributed by atoms with van der Waals surface area (Å²) in [6.45, 7) is 8.95. The molecule has 1 rings (SSSR count). The first-order valence-electron chi connectivity index (χ1n) is 7.53. The molecule has 0 aliphatic heterocycles. The van der Waals surface area contributed by atoms with Crippen molar-refractivity contribution >= 4 is 0 Å². The fourth-order valence-electron chi connectivity index (χ4n) is 2.38. The van der Waals surface area contributed by atoms with Crippen LogP contribution in [0, 0.1) is 12.8 Å². The number of benzene rings is 1. The molecule has 1 atom stereocenters. The summed E-state index contributed by atoms with van der Waals surface area (Å²) in [7, 11) is 0. The van der Waals surface area contributed by atoms with Crippen LogP contribution < -0.4 is 5.32 Å². The van der Waals surface area contributed by atoms with Crippen LogP contribution in [0.3, 0.4) is 0 Å². The first kappa shape index (κ1) is 15.2. The van der Waals surface area contributed by atoms with E-state index in [2.05, 4.69) is 50.4 Å². The molecular weight excluding hydrogens is 218 g/mol. The van der Waals surface area contributed by atoms with Crippen LogP contribution in [0.5, 0.6) is 0 Å². The minimum absolute atomic E-state index is 0.911. The van der Waals surface area contributed by atoms with Gasteiger partial charge in [-0.2, -0.15) is 0 Å². The average molecular weight is 247 g/mol. The van der Waals surface area contributed by atoms with Gasteiger partial charge in [-0.3, -0.25) is 0 Å². The van der Waals surface area contributed by atoms with Crippen molar-refractivity contribution < 1.29 is 0 Å². The van der Waals surface area contributed by atoms with Crippen LogP contribution in [-0.2, 0) is 6.54 Å². The highest BCUT2D eigenvalue weighted by atomic mass is 14.8. The number of aryl methyl sites for hydroxylation is 1. The van der Waals surface area contributed by atoms with Gasteiger partial charge in [0.05, 0.1) is 0 Å². The van der Waals surface area contributed by atoms with Gasteiger partial charge in [-0.15, -0.1) is 0 Å². The van der Waals surface area contributed by atoms with Gasteiger partial charge in [0.1, 0.15) is 0 Å². The van der Waals surface area contributed by atoms with E-state index >= 15 is 0 Å². The van der Waals surface area contributed by atoms with Gasteiger partial charge in [-0.25, -0.2) is 0 Å². The molecule has 0 saturated carbocycles. The van der Waals surface area contributed by atoms with Crippen LogP contribution >= 0.6 is 0 Å². The van der Waals surface area contributed by atoms with E-state index < -0.39 is 0 Å². The summed E-state index contributed by atoms with van der Waals surface area (Å²) in [5, 5.41) is 3.58. The third kappa shape index (κ3) is 5.68. The van der Waals surface area contributed by atoms with E-state index in [0.717, 1.165) is 19.0 Å². The summed E-state index contributed by atoms with van der Waals surface area (Å²) in [6, 6.07) is 8.64. The smallest absolute Gasteiger partial charge is 0.0208 e. The second kappa shape index (κ2) is 9.16. The molecule has 1 unspecified atom stereocenters. The summed E-state index contributed by atoms with van der Waals surface area (Å²) >= 11 is 0. The number of unbranched alkanes of at least 4 members (excludes halogenated alkanes) is 1. The van der Waals surface area contributed by atoms with E-state index in [4.69, 9.17) is 0 Å². The Bertz CT molecular complexity index is 319. The number of rotatable bonds is 9. The predicted molar refractivity (Wildman–Crippen MR) is 80.8 cm³/mol. The molecule has 0 aliphatic rings. The minimum Gasteiger partial charge on any atom is -0.313 e. The van der Waals surface area contributed by atoms with Crippen LogP contribution in [0.15, 0.2) is 24.3 Å². The molecule has 0 aliphatic carbocycles. The number of nitrogens with one attached hydrogen (secondary N) is 1. The molecule has 1 heteroatoms. The van der Waals surface area contributed by atoms with Crippen molar-refractivity contribution in [2.24, 2.45) is 5.92 Å². The lowest BCUT2D eigenvalue weighted by Crippen LogP contribution is -2.18. The van der Waals surface area contributed by atoms with Crippen molar-refractivity contribution in [1.29, 1.82) is 0 Å². The Hall–Kier alpha value is -0.820.